The summed E-state index contributed by atoms with van der Waals surface area (Å²) in [6.07, 6.45) is -2.54. The normalized spacial score (nSPS) is 18.4. The van der Waals surface area contributed by atoms with Crippen LogP contribution in [0.1, 0.15) is 16.0 Å². The average molecular weight is 394 g/mol. The third kappa shape index (κ3) is 3.44. The molecule has 2 aliphatic heterocycles. The van der Waals surface area contributed by atoms with Gasteiger partial charge >= 0.3 is 6.18 Å². The first-order valence-corrected chi connectivity index (χ1v) is 9.62. The number of hydrazine groups is 1. The van der Waals surface area contributed by atoms with Gasteiger partial charge in [-0.1, -0.05) is 12.7 Å². The highest BCUT2D eigenvalue weighted by molar-refractivity contribution is 7.17. The molecule has 0 amide bonds. The van der Waals surface area contributed by atoms with Crippen LogP contribution in [0.15, 0.2) is 30.8 Å². The Labute approximate surface area is 160 Å². The largest absolute Gasteiger partial charge is 0.416 e. The Morgan fingerprint density at radius 1 is 1.15 bits per heavy atom. The van der Waals surface area contributed by atoms with Gasteiger partial charge < -0.3 is 10.2 Å². The fraction of sp³-hybridized carbons (Fsp3) is 0.368. The minimum absolute atomic E-state index is 0.484. The first kappa shape index (κ1) is 18.3. The Hall–Kier alpha value is -2.03. The van der Waals surface area contributed by atoms with E-state index in [1.165, 1.54) is 6.07 Å². The molecule has 27 heavy (non-hydrogen) atoms. The molecule has 1 saturated heterocycles. The van der Waals surface area contributed by atoms with Gasteiger partial charge in [-0.15, -0.1) is 11.3 Å². The van der Waals surface area contributed by atoms with Crippen molar-refractivity contribution in [1.82, 2.24) is 9.91 Å². The van der Waals surface area contributed by atoms with Gasteiger partial charge in [0.05, 0.1) is 16.9 Å². The predicted molar refractivity (Wildman–Crippen MR) is 104 cm³/mol. The molecule has 0 spiro atoms. The highest BCUT2D eigenvalue weighted by Crippen LogP contribution is 2.45. The molecule has 144 valence electrons. The molecule has 1 aromatic carbocycles. The fourth-order valence-electron chi connectivity index (χ4n) is 3.46. The summed E-state index contributed by atoms with van der Waals surface area (Å²) >= 11 is 1.61. The zero-order valence-electron chi connectivity index (χ0n) is 15.0. The quantitative estimate of drug-likeness (QED) is 0.801. The van der Waals surface area contributed by atoms with Crippen LogP contribution in [0.2, 0.25) is 0 Å². The van der Waals surface area contributed by atoms with Gasteiger partial charge in [0.1, 0.15) is 5.00 Å². The molecule has 0 atom stereocenters. The van der Waals surface area contributed by atoms with Crippen molar-refractivity contribution in [2.45, 2.75) is 12.7 Å². The molecule has 1 fully saturated rings. The van der Waals surface area contributed by atoms with Crippen LogP contribution in [0.4, 0.5) is 29.5 Å². The lowest BCUT2D eigenvalue weighted by Crippen LogP contribution is -2.51. The third-order valence-corrected chi connectivity index (χ3v) is 6.13. The number of hydrogen-bond donors (Lipinski definition) is 1. The van der Waals surface area contributed by atoms with E-state index < -0.39 is 11.7 Å². The van der Waals surface area contributed by atoms with Crippen LogP contribution in [-0.4, -0.2) is 43.1 Å². The molecular formula is C19H21F3N4S. The van der Waals surface area contributed by atoms with E-state index in [1.807, 2.05) is 6.08 Å². The van der Waals surface area contributed by atoms with Crippen LogP contribution in [0.5, 0.6) is 0 Å². The van der Waals surface area contributed by atoms with Crippen LogP contribution in [-0.2, 0) is 12.7 Å². The standard InChI is InChI=1S/C19H21F3N4S/c1-3-15-10-13-12-23-16-11-14(19(20,21)22)4-5-17(16)26(18(13)27-15)25-8-6-24(2)7-9-25/h3-5,10-11,23H,1,6-9,12H2,2H3. The molecule has 4 rings (SSSR count). The summed E-state index contributed by atoms with van der Waals surface area (Å²) in [5.41, 5.74) is 1.69. The molecule has 1 aromatic heterocycles. The number of hydrogen-bond acceptors (Lipinski definition) is 5. The number of nitrogens with one attached hydrogen (secondary N) is 1. The van der Waals surface area contributed by atoms with E-state index in [9.17, 15) is 13.2 Å². The number of rotatable bonds is 2. The van der Waals surface area contributed by atoms with Crippen molar-refractivity contribution >= 4 is 33.8 Å². The summed E-state index contributed by atoms with van der Waals surface area (Å²) in [5.74, 6) is 0. The lowest BCUT2D eigenvalue weighted by atomic mass is 10.1. The molecule has 2 aliphatic rings. The molecule has 0 radical (unpaired) electrons. The monoisotopic (exact) mass is 394 g/mol. The van der Waals surface area contributed by atoms with Gasteiger partial charge in [0.15, 0.2) is 0 Å². The van der Waals surface area contributed by atoms with Crippen molar-refractivity contribution in [3.05, 3.63) is 46.8 Å². The summed E-state index contributed by atoms with van der Waals surface area (Å²) in [5, 5.41) is 8.56. The van der Waals surface area contributed by atoms with E-state index in [4.69, 9.17) is 0 Å². The number of alkyl halides is 3. The summed E-state index contributed by atoms with van der Waals surface area (Å²) < 4.78 is 39.6. The SMILES string of the molecule is C=Cc1cc2c(s1)N(N1CCN(C)CC1)c1ccc(C(F)(F)F)cc1NC2. The first-order chi connectivity index (χ1) is 12.9. The number of nitrogens with zero attached hydrogens (tertiary/aromatic N) is 3. The number of benzene rings is 1. The smallest absolute Gasteiger partial charge is 0.379 e. The van der Waals surface area contributed by atoms with Crippen LogP contribution in [0.25, 0.3) is 6.08 Å². The summed E-state index contributed by atoms with van der Waals surface area (Å²) in [6.45, 7) is 7.80. The minimum atomic E-state index is -4.36. The van der Waals surface area contributed by atoms with Crippen LogP contribution in [0, 0.1) is 0 Å². The second kappa shape index (κ2) is 6.85. The van der Waals surface area contributed by atoms with Gasteiger partial charge in [-0.3, -0.25) is 5.01 Å². The zero-order chi connectivity index (χ0) is 19.2. The highest BCUT2D eigenvalue weighted by atomic mass is 32.1. The second-order valence-electron chi connectivity index (χ2n) is 6.84. The van der Waals surface area contributed by atoms with E-state index in [0.717, 1.165) is 53.4 Å². The maximum Gasteiger partial charge on any atom is 0.416 e. The Morgan fingerprint density at radius 2 is 1.89 bits per heavy atom. The number of likely N-dealkylation sites (N-methyl/N-ethyl adjacent to an activating group) is 1. The molecule has 1 N–H and O–H groups in total. The molecule has 0 unspecified atom stereocenters. The molecule has 0 saturated carbocycles. The topological polar surface area (TPSA) is 21.8 Å². The number of anilines is 3. The molecule has 4 nitrogen and oxygen atoms in total. The molecular weight excluding hydrogens is 373 g/mol. The Kier molecular flexibility index (Phi) is 4.65. The minimum Gasteiger partial charge on any atom is -0.379 e. The Bertz CT molecular complexity index is 853. The molecule has 8 heteroatoms. The van der Waals surface area contributed by atoms with Crippen LogP contribution in [0.3, 0.4) is 0 Å². The van der Waals surface area contributed by atoms with Gasteiger partial charge in [0.25, 0.3) is 0 Å². The van der Waals surface area contributed by atoms with Crippen LogP contribution < -0.4 is 10.3 Å². The van der Waals surface area contributed by atoms with Gasteiger partial charge in [-0.25, -0.2) is 5.01 Å². The lowest BCUT2D eigenvalue weighted by molar-refractivity contribution is -0.137. The van der Waals surface area contributed by atoms with Gasteiger partial charge in [-0.05, 0) is 31.3 Å². The van der Waals surface area contributed by atoms with E-state index in [-0.39, 0.29) is 0 Å². The van der Waals surface area contributed by atoms with Gasteiger partial charge in [0.2, 0.25) is 0 Å². The summed E-state index contributed by atoms with van der Waals surface area (Å²) in [4.78, 5) is 3.31. The average Bonchev–Trinajstić information content (AvgIpc) is 2.98. The third-order valence-electron chi connectivity index (χ3n) is 4.98. The predicted octanol–water partition coefficient (Wildman–Crippen LogP) is 4.64. The number of piperazine rings is 1. The molecule has 2 aromatic rings. The zero-order valence-corrected chi connectivity index (χ0v) is 15.8. The molecule has 0 bridgehead atoms. The first-order valence-electron chi connectivity index (χ1n) is 8.80. The van der Waals surface area contributed by atoms with Gasteiger partial charge in [-0.2, -0.15) is 13.2 Å². The van der Waals surface area contributed by atoms with Crippen molar-refractivity contribution in [3.63, 3.8) is 0 Å². The number of thiophene rings is 1. The summed E-state index contributed by atoms with van der Waals surface area (Å²) in [6, 6.07) is 6.01. The van der Waals surface area contributed by atoms with Crippen molar-refractivity contribution in [2.75, 3.05) is 43.6 Å². The van der Waals surface area contributed by atoms with Crippen molar-refractivity contribution in [1.29, 1.82) is 0 Å². The Balaban J connectivity index is 1.81. The maximum atomic E-state index is 13.2. The van der Waals surface area contributed by atoms with Gasteiger partial charge in [0, 0.05) is 43.2 Å². The lowest BCUT2D eigenvalue weighted by Gasteiger charge is -2.41. The number of fused-ring (bicyclic) bond motifs is 2. The highest BCUT2D eigenvalue weighted by Gasteiger charge is 2.34. The van der Waals surface area contributed by atoms with Crippen LogP contribution >= 0.6 is 11.3 Å². The number of halogens is 3. The van der Waals surface area contributed by atoms with E-state index in [2.05, 4.69) is 39.9 Å². The maximum absolute atomic E-state index is 13.2. The molecule has 0 aliphatic carbocycles. The van der Waals surface area contributed by atoms with E-state index in [0.29, 0.717) is 12.2 Å². The Morgan fingerprint density at radius 3 is 2.56 bits per heavy atom. The van der Waals surface area contributed by atoms with Crippen molar-refractivity contribution in [3.8, 4) is 0 Å². The molecule has 3 heterocycles. The second-order valence-corrected chi connectivity index (χ2v) is 7.90. The van der Waals surface area contributed by atoms with Crippen molar-refractivity contribution < 1.29 is 13.2 Å². The fourth-order valence-corrected chi connectivity index (χ4v) is 4.53. The van der Waals surface area contributed by atoms with Crippen molar-refractivity contribution in [2.24, 2.45) is 0 Å². The summed E-state index contributed by atoms with van der Waals surface area (Å²) in [7, 11) is 2.08. The van der Waals surface area contributed by atoms with E-state index >= 15 is 0 Å². The van der Waals surface area contributed by atoms with E-state index in [1.54, 1.807) is 17.4 Å².